The van der Waals surface area contributed by atoms with Crippen molar-refractivity contribution in [3.63, 3.8) is 0 Å². The van der Waals surface area contributed by atoms with Crippen molar-refractivity contribution >= 4 is 29.3 Å². The molecule has 2 amide bonds. The lowest BCUT2D eigenvalue weighted by atomic mass is 9.92. The summed E-state index contributed by atoms with van der Waals surface area (Å²) in [4.78, 5) is 48.0. The van der Waals surface area contributed by atoms with Crippen LogP contribution in [-0.4, -0.2) is 28.3 Å². The number of aromatic amines is 1. The number of nitrogens with zero attached hydrogens (tertiary/aromatic N) is 2. The van der Waals surface area contributed by atoms with Crippen LogP contribution in [0, 0.1) is 0 Å². The summed E-state index contributed by atoms with van der Waals surface area (Å²) in [6.45, 7) is 5.51. The Hall–Kier alpha value is -3.94. The number of anilines is 3. The first-order chi connectivity index (χ1) is 16.4. The molecule has 0 fully saturated rings. The van der Waals surface area contributed by atoms with Crippen molar-refractivity contribution in [2.45, 2.75) is 45.1 Å². The van der Waals surface area contributed by atoms with Crippen molar-refractivity contribution in [1.82, 2.24) is 9.97 Å². The van der Waals surface area contributed by atoms with Crippen molar-refractivity contribution < 1.29 is 9.59 Å². The van der Waals surface area contributed by atoms with Crippen molar-refractivity contribution in [3.8, 4) is 0 Å². The van der Waals surface area contributed by atoms with Gasteiger partial charge in [-0.2, -0.15) is 4.98 Å². The summed E-state index contributed by atoms with van der Waals surface area (Å²) in [7, 11) is 0. The van der Waals surface area contributed by atoms with Gasteiger partial charge in [-0.25, -0.2) is 0 Å². The number of H-pyrrole nitrogens is 1. The third kappa shape index (κ3) is 4.19. The third-order valence-corrected chi connectivity index (χ3v) is 6.53. The molecule has 1 atom stereocenters. The van der Waals surface area contributed by atoms with Crippen LogP contribution in [0.25, 0.3) is 0 Å². The molecule has 0 saturated heterocycles. The first-order valence-corrected chi connectivity index (χ1v) is 11.6. The van der Waals surface area contributed by atoms with Gasteiger partial charge in [0.05, 0.1) is 11.5 Å². The number of rotatable bonds is 4. The number of carbonyl (C=O) groups excluding carboxylic acids is 2. The number of fused-ring (bicyclic) bond motifs is 2. The summed E-state index contributed by atoms with van der Waals surface area (Å²) >= 11 is 0. The van der Waals surface area contributed by atoms with Gasteiger partial charge in [-0.15, -0.1) is 0 Å². The Balaban J connectivity index is 1.41. The fraction of sp³-hybridized carbons (Fsp3) is 0.308. The highest BCUT2D eigenvalue weighted by Gasteiger charge is 2.35. The molecule has 3 heterocycles. The van der Waals surface area contributed by atoms with Crippen molar-refractivity contribution in [1.29, 1.82) is 0 Å². The fourth-order valence-electron chi connectivity index (χ4n) is 4.59. The molecular weight excluding hydrogens is 430 g/mol. The quantitative estimate of drug-likeness (QED) is 0.556. The maximum atomic E-state index is 13.1. The Morgan fingerprint density at radius 2 is 1.82 bits per heavy atom. The van der Waals surface area contributed by atoms with Crippen molar-refractivity contribution in [2.24, 2.45) is 0 Å². The van der Waals surface area contributed by atoms with E-state index in [1.807, 2.05) is 41.3 Å². The molecule has 3 aromatic rings. The topological polar surface area (TPSA) is 107 Å². The van der Waals surface area contributed by atoms with Crippen LogP contribution in [0.3, 0.4) is 0 Å². The van der Waals surface area contributed by atoms with E-state index < -0.39 is 17.4 Å². The standard InChI is InChI=1S/C26H27N5O3/c1-15(2)16-7-9-19(10-8-16)27-24(33)20-13-21(32)28-23-22(20)25(34)30-26(29-23)31-12-11-17-5-3-4-6-18(17)14-31/h3-10,15,20H,11-14H2,1-2H3,(H,27,33)(H2,28,29,30,32,34). The molecule has 2 aliphatic heterocycles. The number of aromatic nitrogens is 2. The lowest BCUT2D eigenvalue weighted by Gasteiger charge is -2.30. The van der Waals surface area contributed by atoms with Crippen LogP contribution in [0.5, 0.6) is 0 Å². The molecule has 0 saturated carbocycles. The number of hydrogen-bond donors (Lipinski definition) is 3. The highest BCUT2D eigenvalue weighted by Crippen LogP contribution is 2.31. The lowest BCUT2D eigenvalue weighted by molar-refractivity contribution is -0.123. The predicted molar refractivity (Wildman–Crippen MR) is 131 cm³/mol. The van der Waals surface area contributed by atoms with Gasteiger partial charge < -0.3 is 15.5 Å². The molecule has 34 heavy (non-hydrogen) atoms. The molecule has 3 N–H and O–H groups in total. The molecule has 1 unspecified atom stereocenters. The highest BCUT2D eigenvalue weighted by atomic mass is 16.2. The first-order valence-electron chi connectivity index (χ1n) is 11.6. The van der Waals surface area contributed by atoms with Crippen LogP contribution in [0.2, 0.25) is 0 Å². The second-order valence-electron chi connectivity index (χ2n) is 9.16. The van der Waals surface area contributed by atoms with E-state index in [1.165, 1.54) is 11.1 Å². The summed E-state index contributed by atoms with van der Waals surface area (Å²) in [5, 5.41) is 5.54. The average Bonchev–Trinajstić information content (AvgIpc) is 2.83. The van der Waals surface area contributed by atoms with Gasteiger partial charge in [0.2, 0.25) is 17.8 Å². The van der Waals surface area contributed by atoms with Gasteiger partial charge in [0.25, 0.3) is 5.56 Å². The second-order valence-corrected chi connectivity index (χ2v) is 9.16. The Kier molecular flexibility index (Phi) is 5.65. The summed E-state index contributed by atoms with van der Waals surface area (Å²) in [6.07, 6.45) is 0.730. The molecule has 2 aromatic carbocycles. The number of amides is 2. The lowest BCUT2D eigenvalue weighted by Crippen LogP contribution is -2.38. The van der Waals surface area contributed by atoms with Crippen LogP contribution >= 0.6 is 0 Å². The summed E-state index contributed by atoms with van der Waals surface area (Å²) in [5.74, 6) is -0.726. The molecule has 0 bridgehead atoms. The second kappa shape index (κ2) is 8.78. The zero-order valence-electron chi connectivity index (χ0n) is 19.2. The molecule has 8 heteroatoms. The van der Waals surface area contributed by atoms with Crippen molar-refractivity contribution in [3.05, 3.63) is 81.1 Å². The first kappa shape index (κ1) is 21.9. The molecular formula is C26H27N5O3. The molecule has 1 aromatic heterocycles. The van der Waals surface area contributed by atoms with Gasteiger partial charge in [0.1, 0.15) is 5.82 Å². The number of nitrogens with one attached hydrogen (secondary N) is 3. The number of carbonyl (C=O) groups is 2. The van der Waals surface area contributed by atoms with Gasteiger partial charge in [-0.05, 0) is 41.2 Å². The molecule has 5 rings (SSSR count). The van der Waals surface area contributed by atoms with Gasteiger partial charge in [-0.1, -0.05) is 50.2 Å². The average molecular weight is 458 g/mol. The van der Waals surface area contributed by atoms with Crippen LogP contribution in [0.4, 0.5) is 17.5 Å². The Morgan fingerprint density at radius 1 is 1.09 bits per heavy atom. The molecule has 0 aliphatic carbocycles. The van der Waals surface area contributed by atoms with Gasteiger partial charge in [-0.3, -0.25) is 19.4 Å². The van der Waals surface area contributed by atoms with E-state index in [0.29, 0.717) is 30.6 Å². The third-order valence-electron chi connectivity index (χ3n) is 6.53. The van der Waals surface area contributed by atoms with Crippen LogP contribution in [0.1, 0.15) is 54.4 Å². The minimum atomic E-state index is -0.916. The van der Waals surface area contributed by atoms with Crippen LogP contribution in [-0.2, 0) is 22.6 Å². The summed E-state index contributed by atoms with van der Waals surface area (Å²) in [6, 6.07) is 15.8. The zero-order valence-corrected chi connectivity index (χ0v) is 19.2. The van der Waals surface area contributed by atoms with E-state index >= 15 is 0 Å². The maximum Gasteiger partial charge on any atom is 0.258 e. The SMILES string of the molecule is CC(C)c1ccc(NC(=O)C2CC(=O)Nc3nc(N4CCc5ccccc5C4)[nH]c(=O)c32)cc1. The Morgan fingerprint density at radius 3 is 2.56 bits per heavy atom. The van der Waals surface area contributed by atoms with E-state index in [-0.39, 0.29) is 23.7 Å². The number of hydrogen-bond acceptors (Lipinski definition) is 5. The van der Waals surface area contributed by atoms with Gasteiger partial charge in [0, 0.05) is 25.2 Å². The fourth-order valence-corrected chi connectivity index (χ4v) is 4.59. The molecule has 0 radical (unpaired) electrons. The summed E-state index contributed by atoms with van der Waals surface area (Å²) in [5.41, 5.74) is 4.03. The Labute approximate surface area is 197 Å². The molecule has 2 aliphatic rings. The number of benzene rings is 2. The largest absolute Gasteiger partial charge is 0.338 e. The normalized spacial score (nSPS) is 17.1. The minimum absolute atomic E-state index is 0.107. The predicted octanol–water partition coefficient (Wildman–Crippen LogP) is 3.52. The molecule has 174 valence electrons. The van der Waals surface area contributed by atoms with E-state index in [9.17, 15) is 14.4 Å². The van der Waals surface area contributed by atoms with E-state index in [1.54, 1.807) is 0 Å². The summed E-state index contributed by atoms with van der Waals surface area (Å²) < 4.78 is 0. The van der Waals surface area contributed by atoms with Gasteiger partial charge in [0.15, 0.2) is 0 Å². The van der Waals surface area contributed by atoms with Crippen molar-refractivity contribution in [2.75, 3.05) is 22.1 Å². The van der Waals surface area contributed by atoms with E-state index in [2.05, 4.69) is 46.6 Å². The van der Waals surface area contributed by atoms with E-state index in [0.717, 1.165) is 12.0 Å². The Bertz CT molecular complexity index is 1310. The molecule has 8 nitrogen and oxygen atoms in total. The molecule has 0 spiro atoms. The van der Waals surface area contributed by atoms with Crippen LogP contribution < -0.4 is 21.1 Å². The zero-order chi connectivity index (χ0) is 23.8. The van der Waals surface area contributed by atoms with E-state index in [4.69, 9.17) is 0 Å². The minimum Gasteiger partial charge on any atom is -0.338 e. The highest BCUT2D eigenvalue weighted by molar-refractivity contribution is 6.04. The maximum absolute atomic E-state index is 13.1. The smallest absolute Gasteiger partial charge is 0.258 e. The van der Waals surface area contributed by atoms with Gasteiger partial charge >= 0.3 is 0 Å². The monoisotopic (exact) mass is 457 g/mol. The van der Waals surface area contributed by atoms with Crippen LogP contribution in [0.15, 0.2) is 53.3 Å².